The SMILES string of the molecule is CCCC1CC1N1C(=O)C(CC)NC(=O)C1C. The van der Waals surface area contributed by atoms with Gasteiger partial charge in [-0.05, 0) is 32.1 Å². The van der Waals surface area contributed by atoms with Gasteiger partial charge in [0.1, 0.15) is 12.1 Å². The molecule has 4 nitrogen and oxygen atoms in total. The molecule has 0 aromatic rings. The van der Waals surface area contributed by atoms with Crippen molar-refractivity contribution < 1.29 is 9.59 Å². The molecule has 4 atom stereocenters. The highest BCUT2D eigenvalue weighted by atomic mass is 16.2. The summed E-state index contributed by atoms with van der Waals surface area (Å²) in [7, 11) is 0. The Morgan fingerprint density at radius 2 is 2.06 bits per heavy atom. The zero-order valence-electron chi connectivity index (χ0n) is 10.9. The van der Waals surface area contributed by atoms with Gasteiger partial charge in [-0.1, -0.05) is 20.3 Å². The lowest BCUT2D eigenvalue weighted by Crippen LogP contribution is -2.63. The molecule has 2 aliphatic rings. The standard InChI is InChI=1S/C13H22N2O2/c1-4-6-9-7-11(9)15-8(3)12(16)14-10(5-2)13(15)17/h8-11H,4-7H2,1-3H3,(H,14,16). The summed E-state index contributed by atoms with van der Waals surface area (Å²) in [6.07, 6.45) is 4.08. The Morgan fingerprint density at radius 1 is 1.35 bits per heavy atom. The predicted octanol–water partition coefficient (Wildman–Crippen LogP) is 1.30. The highest BCUT2D eigenvalue weighted by Gasteiger charge is 2.49. The molecule has 1 N–H and O–H groups in total. The van der Waals surface area contributed by atoms with Crippen LogP contribution in [0, 0.1) is 5.92 Å². The number of carbonyl (C=O) groups is 2. The Hall–Kier alpha value is -1.06. The number of piperazine rings is 1. The average Bonchev–Trinajstić information content (AvgIpc) is 3.04. The first-order valence-corrected chi connectivity index (χ1v) is 6.72. The molecule has 0 aromatic carbocycles. The van der Waals surface area contributed by atoms with Crippen molar-refractivity contribution in [2.75, 3.05) is 0 Å². The molecule has 0 aromatic heterocycles. The third-order valence-corrected chi connectivity index (χ3v) is 3.98. The van der Waals surface area contributed by atoms with E-state index in [9.17, 15) is 9.59 Å². The van der Waals surface area contributed by atoms with Crippen LogP contribution in [0.1, 0.15) is 46.5 Å². The van der Waals surface area contributed by atoms with Gasteiger partial charge in [0.2, 0.25) is 11.8 Å². The van der Waals surface area contributed by atoms with E-state index in [1.807, 2.05) is 18.7 Å². The second-order valence-corrected chi connectivity index (χ2v) is 5.24. The fourth-order valence-corrected chi connectivity index (χ4v) is 2.83. The Morgan fingerprint density at radius 3 is 2.65 bits per heavy atom. The minimum atomic E-state index is -0.304. The summed E-state index contributed by atoms with van der Waals surface area (Å²) < 4.78 is 0. The summed E-state index contributed by atoms with van der Waals surface area (Å²) in [5.41, 5.74) is 0. The Kier molecular flexibility index (Phi) is 3.40. The molecule has 2 amide bonds. The van der Waals surface area contributed by atoms with Gasteiger partial charge < -0.3 is 10.2 Å². The molecule has 1 aliphatic carbocycles. The first-order valence-electron chi connectivity index (χ1n) is 6.72. The van der Waals surface area contributed by atoms with Crippen molar-refractivity contribution in [1.29, 1.82) is 0 Å². The number of amides is 2. The minimum Gasteiger partial charge on any atom is -0.343 e. The fraction of sp³-hybridized carbons (Fsp3) is 0.846. The highest BCUT2D eigenvalue weighted by Crippen LogP contribution is 2.41. The van der Waals surface area contributed by atoms with Crippen LogP contribution in [0.5, 0.6) is 0 Å². The van der Waals surface area contributed by atoms with Gasteiger partial charge in [-0.15, -0.1) is 0 Å². The van der Waals surface area contributed by atoms with E-state index in [1.54, 1.807) is 0 Å². The van der Waals surface area contributed by atoms with Crippen LogP contribution in [0.3, 0.4) is 0 Å². The van der Waals surface area contributed by atoms with Gasteiger partial charge in [-0.25, -0.2) is 0 Å². The molecule has 17 heavy (non-hydrogen) atoms. The number of carbonyl (C=O) groups excluding carboxylic acids is 2. The van der Waals surface area contributed by atoms with Gasteiger partial charge in [0.15, 0.2) is 0 Å². The second kappa shape index (κ2) is 4.67. The molecule has 96 valence electrons. The van der Waals surface area contributed by atoms with Crippen LogP contribution >= 0.6 is 0 Å². The lowest BCUT2D eigenvalue weighted by Gasteiger charge is -2.37. The largest absolute Gasteiger partial charge is 0.343 e. The first kappa shape index (κ1) is 12.4. The summed E-state index contributed by atoms with van der Waals surface area (Å²) in [6.45, 7) is 5.94. The van der Waals surface area contributed by atoms with Crippen molar-refractivity contribution in [1.82, 2.24) is 10.2 Å². The molecule has 2 rings (SSSR count). The van der Waals surface area contributed by atoms with E-state index in [-0.39, 0.29) is 23.9 Å². The molecular weight excluding hydrogens is 216 g/mol. The maximum absolute atomic E-state index is 12.3. The first-order chi connectivity index (χ1) is 8.10. The maximum Gasteiger partial charge on any atom is 0.246 e. The predicted molar refractivity (Wildman–Crippen MR) is 65.3 cm³/mol. The normalized spacial score (nSPS) is 37.0. The van der Waals surface area contributed by atoms with Crippen molar-refractivity contribution >= 4 is 11.8 Å². The zero-order valence-corrected chi connectivity index (χ0v) is 10.9. The van der Waals surface area contributed by atoms with E-state index in [2.05, 4.69) is 12.2 Å². The highest BCUT2D eigenvalue weighted by molar-refractivity contribution is 5.97. The Bertz CT molecular complexity index is 329. The van der Waals surface area contributed by atoms with Crippen LogP contribution in [-0.4, -0.2) is 34.8 Å². The van der Waals surface area contributed by atoms with Crippen molar-refractivity contribution in [3.8, 4) is 0 Å². The van der Waals surface area contributed by atoms with E-state index in [0.717, 1.165) is 12.8 Å². The molecular formula is C13H22N2O2. The average molecular weight is 238 g/mol. The number of hydrogen-bond acceptors (Lipinski definition) is 2. The zero-order chi connectivity index (χ0) is 12.6. The summed E-state index contributed by atoms with van der Waals surface area (Å²) in [4.78, 5) is 25.9. The van der Waals surface area contributed by atoms with E-state index in [4.69, 9.17) is 0 Å². The van der Waals surface area contributed by atoms with Crippen molar-refractivity contribution in [3.05, 3.63) is 0 Å². The molecule has 0 spiro atoms. The minimum absolute atomic E-state index is 0.00130. The van der Waals surface area contributed by atoms with E-state index >= 15 is 0 Å². The number of hydrogen-bond donors (Lipinski definition) is 1. The van der Waals surface area contributed by atoms with Crippen molar-refractivity contribution in [2.24, 2.45) is 5.92 Å². The van der Waals surface area contributed by atoms with Crippen LogP contribution in [-0.2, 0) is 9.59 Å². The van der Waals surface area contributed by atoms with E-state index in [1.165, 1.54) is 6.42 Å². The van der Waals surface area contributed by atoms with Crippen molar-refractivity contribution in [2.45, 2.75) is 64.6 Å². The Balaban J connectivity index is 2.08. The number of nitrogens with zero attached hydrogens (tertiary/aromatic N) is 1. The van der Waals surface area contributed by atoms with Gasteiger partial charge in [0, 0.05) is 6.04 Å². The van der Waals surface area contributed by atoms with Crippen molar-refractivity contribution in [3.63, 3.8) is 0 Å². The van der Waals surface area contributed by atoms with E-state index < -0.39 is 0 Å². The molecule has 1 aliphatic heterocycles. The fourth-order valence-electron chi connectivity index (χ4n) is 2.83. The monoisotopic (exact) mass is 238 g/mol. The topological polar surface area (TPSA) is 49.4 Å². The molecule has 0 radical (unpaired) electrons. The van der Waals surface area contributed by atoms with Gasteiger partial charge >= 0.3 is 0 Å². The van der Waals surface area contributed by atoms with Crippen LogP contribution < -0.4 is 5.32 Å². The van der Waals surface area contributed by atoms with Gasteiger partial charge in [0.05, 0.1) is 0 Å². The van der Waals surface area contributed by atoms with Crippen LogP contribution in [0.25, 0.3) is 0 Å². The smallest absolute Gasteiger partial charge is 0.246 e. The summed E-state index contributed by atoms with van der Waals surface area (Å²) >= 11 is 0. The molecule has 4 heteroatoms. The lowest BCUT2D eigenvalue weighted by molar-refractivity contribution is -0.149. The summed E-state index contributed by atoms with van der Waals surface area (Å²) in [5.74, 6) is 0.733. The third-order valence-electron chi connectivity index (χ3n) is 3.98. The molecule has 2 fully saturated rings. The lowest BCUT2D eigenvalue weighted by atomic mass is 10.1. The molecule has 0 bridgehead atoms. The summed E-state index contributed by atoms with van der Waals surface area (Å²) in [6, 6.07) is -0.281. The van der Waals surface area contributed by atoms with Crippen LogP contribution in [0.15, 0.2) is 0 Å². The maximum atomic E-state index is 12.3. The van der Waals surface area contributed by atoms with Gasteiger partial charge in [-0.2, -0.15) is 0 Å². The van der Waals surface area contributed by atoms with Gasteiger partial charge in [0.25, 0.3) is 0 Å². The summed E-state index contributed by atoms with van der Waals surface area (Å²) in [5, 5.41) is 2.79. The Labute approximate surface area is 103 Å². The van der Waals surface area contributed by atoms with Crippen LogP contribution in [0.2, 0.25) is 0 Å². The molecule has 4 unspecified atom stereocenters. The number of rotatable bonds is 4. The molecule has 1 heterocycles. The van der Waals surface area contributed by atoms with Gasteiger partial charge in [-0.3, -0.25) is 9.59 Å². The second-order valence-electron chi connectivity index (χ2n) is 5.24. The molecule has 1 saturated heterocycles. The molecule has 1 saturated carbocycles. The van der Waals surface area contributed by atoms with E-state index in [0.29, 0.717) is 18.4 Å². The van der Waals surface area contributed by atoms with Crippen LogP contribution in [0.4, 0.5) is 0 Å². The quantitative estimate of drug-likeness (QED) is 0.802. The number of nitrogens with one attached hydrogen (secondary N) is 1. The third kappa shape index (κ3) is 2.17.